The summed E-state index contributed by atoms with van der Waals surface area (Å²) in [5, 5.41) is 9.87. The first-order valence-electron chi connectivity index (χ1n) is 8.35. The Morgan fingerprint density at radius 2 is 2.28 bits per heavy atom. The van der Waals surface area contributed by atoms with Crippen molar-refractivity contribution < 1.29 is 9.90 Å². The maximum atomic E-state index is 13.0. The summed E-state index contributed by atoms with van der Waals surface area (Å²) >= 11 is 1.64. The van der Waals surface area contributed by atoms with Gasteiger partial charge in [-0.05, 0) is 48.4 Å². The van der Waals surface area contributed by atoms with Gasteiger partial charge in [0.05, 0.1) is 23.8 Å². The van der Waals surface area contributed by atoms with Gasteiger partial charge in [-0.3, -0.25) is 9.36 Å². The first kappa shape index (κ1) is 16.0. The highest BCUT2D eigenvalue weighted by Gasteiger charge is 2.23. The molecule has 0 unspecified atom stereocenters. The first-order valence-corrected chi connectivity index (χ1v) is 9.16. The molecule has 6 heteroatoms. The number of hydrogen-bond acceptors (Lipinski definition) is 4. The van der Waals surface area contributed by atoms with Crippen molar-refractivity contribution in [2.75, 3.05) is 0 Å². The van der Waals surface area contributed by atoms with Crippen LogP contribution in [0.25, 0.3) is 10.2 Å². The fourth-order valence-electron chi connectivity index (χ4n) is 3.48. The van der Waals surface area contributed by atoms with Gasteiger partial charge in [0.2, 0.25) is 0 Å². The highest BCUT2D eigenvalue weighted by molar-refractivity contribution is 7.18. The fourth-order valence-corrected chi connectivity index (χ4v) is 4.82. The molecule has 0 spiro atoms. The summed E-state index contributed by atoms with van der Waals surface area (Å²) < 4.78 is 1.58. The van der Waals surface area contributed by atoms with Crippen LogP contribution in [-0.2, 0) is 19.4 Å². The largest absolute Gasteiger partial charge is 0.478 e. The fraction of sp³-hybridized carbons (Fsp3) is 0.316. The number of fused-ring (bicyclic) bond motifs is 3. The first-order chi connectivity index (χ1) is 12.0. The summed E-state index contributed by atoms with van der Waals surface area (Å²) in [6.45, 7) is 2.57. The molecule has 0 aliphatic heterocycles. The van der Waals surface area contributed by atoms with E-state index in [0.29, 0.717) is 12.5 Å². The molecule has 2 aromatic heterocycles. The zero-order chi connectivity index (χ0) is 17.6. The van der Waals surface area contributed by atoms with Gasteiger partial charge in [0.25, 0.3) is 5.56 Å². The van der Waals surface area contributed by atoms with Gasteiger partial charge < -0.3 is 5.11 Å². The summed E-state index contributed by atoms with van der Waals surface area (Å²) in [4.78, 5) is 30.7. The molecular weight excluding hydrogens is 336 g/mol. The van der Waals surface area contributed by atoms with E-state index in [1.54, 1.807) is 40.4 Å². The van der Waals surface area contributed by atoms with Crippen molar-refractivity contribution >= 4 is 27.5 Å². The van der Waals surface area contributed by atoms with Gasteiger partial charge in [0, 0.05) is 4.88 Å². The molecule has 0 saturated carbocycles. The van der Waals surface area contributed by atoms with E-state index in [2.05, 4.69) is 11.9 Å². The molecular formula is C19H18N2O3S. The van der Waals surface area contributed by atoms with Crippen LogP contribution >= 0.6 is 11.3 Å². The quantitative estimate of drug-likeness (QED) is 0.783. The van der Waals surface area contributed by atoms with E-state index in [0.717, 1.165) is 35.0 Å². The number of carboxylic acid groups (broad SMARTS) is 1. The molecule has 0 radical (unpaired) electrons. The number of aromatic nitrogens is 2. The van der Waals surface area contributed by atoms with Crippen molar-refractivity contribution in [2.24, 2.45) is 5.92 Å². The van der Waals surface area contributed by atoms with Crippen molar-refractivity contribution in [2.45, 2.75) is 32.7 Å². The number of thiophene rings is 1. The summed E-state index contributed by atoms with van der Waals surface area (Å²) in [6.07, 6.45) is 4.64. The van der Waals surface area contributed by atoms with E-state index in [-0.39, 0.29) is 11.1 Å². The Bertz CT molecular complexity index is 1030. The van der Waals surface area contributed by atoms with Gasteiger partial charge in [-0.2, -0.15) is 0 Å². The summed E-state index contributed by atoms with van der Waals surface area (Å²) in [7, 11) is 0. The van der Waals surface area contributed by atoms with Crippen LogP contribution in [0.15, 0.2) is 35.4 Å². The molecule has 1 aliphatic rings. The van der Waals surface area contributed by atoms with Gasteiger partial charge in [-0.1, -0.05) is 19.1 Å². The minimum atomic E-state index is -0.969. The third kappa shape index (κ3) is 2.87. The van der Waals surface area contributed by atoms with E-state index in [1.165, 1.54) is 10.4 Å². The van der Waals surface area contributed by atoms with Gasteiger partial charge in [0.1, 0.15) is 4.83 Å². The van der Waals surface area contributed by atoms with Crippen LogP contribution in [0.2, 0.25) is 0 Å². The van der Waals surface area contributed by atoms with Crippen molar-refractivity contribution in [1.29, 1.82) is 0 Å². The number of benzene rings is 1. The van der Waals surface area contributed by atoms with Crippen molar-refractivity contribution in [3.63, 3.8) is 0 Å². The van der Waals surface area contributed by atoms with E-state index in [4.69, 9.17) is 5.11 Å². The summed E-state index contributed by atoms with van der Waals surface area (Å²) in [6, 6.07) is 6.67. The molecule has 0 amide bonds. The number of aryl methyl sites for hydroxylation is 1. The molecule has 1 aromatic carbocycles. The second-order valence-corrected chi connectivity index (χ2v) is 7.80. The predicted octanol–water partition coefficient (Wildman–Crippen LogP) is 3.33. The molecule has 1 aliphatic carbocycles. The van der Waals surface area contributed by atoms with Gasteiger partial charge in [0.15, 0.2) is 0 Å². The predicted molar refractivity (Wildman–Crippen MR) is 97.6 cm³/mol. The van der Waals surface area contributed by atoms with Crippen molar-refractivity contribution in [3.05, 3.63) is 62.5 Å². The molecule has 25 heavy (non-hydrogen) atoms. The van der Waals surface area contributed by atoms with E-state index in [1.807, 2.05) is 6.07 Å². The molecule has 5 nitrogen and oxygen atoms in total. The van der Waals surface area contributed by atoms with Crippen LogP contribution in [0.4, 0.5) is 0 Å². The molecule has 1 atom stereocenters. The van der Waals surface area contributed by atoms with Crippen LogP contribution in [-0.4, -0.2) is 20.6 Å². The number of nitrogens with zero attached hydrogens (tertiary/aromatic N) is 2. The Morgan fingerprint density at radius 1 is 1.44 bits per heavy atom. The van der Waals surface area contributed by atoms with E-state index >= 15 is 0 Å². The molecule has 2 heterocycles. The molecule has 0 saturated heterocycles. The third-order valence-corrected chi connectivity index (χ3v) is 5.97. The minimum Gasteiger partial charge on any atom is -0.478 e. The van der Waals surface area contributed by atoms with Crippen molar-refractivity contribution in [3.8, 4) is 0 Å². The average Bonchev–Trinajstić information content (AvgIpc) is 2.95. The Kier molecular flexibility index (Phi) is 3.92. The maximum Gasteiger partial charge on any atom is 0.335 e. The molecule has 1 N–H and O–H groups in total. The third-order valence-electron chi connectivity index (χ3n) is 4.81. The lowest BCUT2D eigenvalue weighted by Crippen LogP contribution is -2.22. The molecule has 0 fully saturated rings. The van der Waals surface area contributed by atoms with Crippen molar-refractivity contribution in [1.82, 2.24) is 9.55 Å². The Hall–Kier alpha value is -2.47. The molecule has 0 bridgehead atoms. The molecule has 3 aromatic rings. The van der Waals surface area contributed by atoms with Gasteiger partial charge >= 0.3 is 5.97 Å². The molecule has 128 valence electrons. The highest BCUT2D eigenvalue weighted by atomic mass is 32.1. The van der Waals surface area contributed by atoms with E-state index in [9.17, 15) is 9.59 Å². The second kappa shape index (κ2) is 6.11. The Balaban J connectivity index is 1.76. The van der Waals surface area contributed by atoms with Crippen LogP contribution in [0, 0.1) is 5.92 Å². The van der Waals surface area contributed by atoms with Gasteiger partial charge in [-0.15, -0.1) is 11.3 Å². The molecule has 4 rings (SSSR count). The SMILES string of the molecule is C[C@@H]1CCc2c(sc3ncn(Cc4cccc(C(=O)O)c4)c(=O)c23)C1. The van der Waals surface area contributed by atoms with Crippen LogP contribution in [0.1, 0.15) is 39.7 Å². The number of carboxylic acids is 1. The Morgan fingerprint density at radius 3 is 3.08 bits per heavy atom. The normalized spacial score (nSPS) is 16.8. The lowest BCUT2D eigenvalue weighted by Gasteiger charge is -2.17. The number of aromatic carboxylic acids is 1. The van der Waals surface area contributed by atoms with Crippen LogP contribution in [0.5, 0.6) is 0 Å². The standard InChI is InChI=1S/C19H18N2O3S/c1-11-5-6-14-15(7-11)25-17-16(14)18(22)21(10-20-17)9-12-3-2-4-13(8-12)19(23)24/h2-4,8,10-11H,5-7,9H2,1H3,(H,23,24)/t11-/m1/s1. The lowest BCUT2D eigenvalue weighted by atomic mass is 9.89. The van der Waals surface area contributed by atoms with Crippen LogP contribution < -0.4 is 5.56 Å². The topological polar surface area (TPSA) is 72.2 Å². The smallest absolute Gasteiger partial charge is 0.335 e. The monoisotopic (exact) mass is 354 g/mol. The van der Waals surface area contributed by atoms with Gasteiger partial charge in [-0.25, -0.2) is 9.78 Å². The average molecular weight is 354 g/mol. The number of hydrogen-bond donors (Lipinski definition) is 1. The Labute approximate surface area is 148 Å². The maximum absolute atomic E-state index is 13.0. The second-order valence-electron chi connectivity index (χ2n) is 6.72. The van der Waals surface area contributed by atoms with Crippen LogP contribution in [0.3, 0.4) is 0 Å². The summed E-state index contributed by atoms with van der Waals surface area (Å²) in [5.74, 6) is -0.314. The van der Waals surface area contributed by atoms with E-state index < -0.39 is 5.97 Å². The number of rotatable bonds is 3. The lowest BCUT2D eigenvalue weighted by molar-refractivity contribution is 0.0696. The zero-order valence-corrected chi connectivity index (χ0v) is 14.7. The zero-order valence-electron chi connectivity index (χ0n) is 13.9. The highest BCUT2D eigenvalue weighted by Crippen LogP contribution is 2.35. The number of carbonyl (C=O) groups is 1. The minimum absolute atomic E-state index is 0.0298. The summed E-state index contributed by atoms with van der Waals surface area (Å²) in [5.41, 5.74) is 2.14.